The van der Waals surface area contributed by atoms with Gasteiger partial charge in [-0.25, -0.2) is 0 Å². The quantitative estimate of drug-likeness (QED) is 0.765. The molecule has 0 saturated heterocycles. The summed E-state index contributed by atoms with van der Waals surface area (Å²) in [6.45, 7) is 0. The first-order valence-corrected chi connectivity index (χ1v) is 5.40. The lowest BCUT2D eigenvalue weighted by Crippen LogP contribution is -2.08. The maximum absolute atomic E-state index is 12.5. The number of halogens is 5. The van der Waals surface area contributed by atoms with Crippen molar-refractivity contribution < 1.29 is 13.2 Å². The molecular formula is C8H7BrClF3N2. The number of hydrogen-bond donors (Lipinski definition) is 0. The van der Waals surface area contributed by atoms with Crippen LogP contribution < -0.4 is 0 Å². The molecule has 0 amide bonds. The van der Waals surface area contributed by atoms with E-state index in [9.17, 15) is 13.2 Å². The van der Waals surface area contributed by atoms with Crippen molar-refractivity contribution in [3.05, 3.63) is 22.5 Å². The summed E-state index contributed by atoms with van der Waals surface area (Å²) >= 11 is 8.76. The molecule has 0 radical (unpaired) electrons. The van der Waals surface area contributed by atoms with Crippen LogP contribution in [0.2, 0.25) is 5.15 Å². The van der Waals surface area contributed by atoms with Crippen LogP contribution in [0, 0.1) is 0 Å². The van der Waals surface area contributed by atoms with E-state index in [1.165, 1.54) is 19.2 Å². The molecule has 15 heavy (non-hydrogen) atoms. The predicted octanol–water partition coefficient (Wildman–Crippen LogP) is 3.50. The molecule has 0 spiro atoms. The van der Waals surface area contributed by atoms with E-state index in [1.54, 1.807) is 0 Å². The smallest absolute Gasteiger partial charge is 0.256 e. The van der Waals surface area contributed by atoms with Crippen molar-refractivity contribution in [1.29, 1.82) is 0 Å². The van der Waals surface area contributed by atoms with Crippen molar-refractivity contribution in [2.45, 2.75) is 6.18 Å². The van der Waals surface area contributed by atoms with Gasteiger partial charge in [-0.05, 0) is 0 Å². The molecule has 0 unspecified atom stereocenters. The van der Waals surface area contributed by atoms with Gasteiger partial charge in [0, 0.05) is 17.9 Å². The van der Waals surface area contributed by atoms with E-state index in [0.29, 0.717) is 5.33 Å². The summed E-state index contributed by atoms with van der Waals surface area (Å²) < 4.78 is 38.5. The fourth-order valence-corrected chi connectivity index (χ4v) is 1.42. The Balaban J connectivity index is 3.27. The number of allylic oxidation sites excluding steroid dienone is 1. The first kappa shape index (κ1) is 12.6. The van der Waals surface area contributed by atoms with Crippen molar-refractivity contribution in [3.8, 4) is 0 Å². The number of aryl methyl sites for hydroxylation is 1. The van der Waals surface area contributed by atoms with Crippen LogP contribution >= 0.6 is 27.5 Å². The van der Waals surface area contributed by atoms with Crippen LogP contribution in [0.25, 0.3) is 6.08 Å². The van der Waals surface area contributed by atoms with Crippen molar-refractivity contribution in [2.24, 2.45) is 7.05 Å². The van der Waals surface area contributed by atoms with E-state index in [4.69, 9.17) is 11.6 Å². The van der Waals surface area contributed by atoms with Crippen molar-refractivity contribution in [2.75, 3.05) is 5.33 Å². The Morgan fingerprint density at radius 1 is 1.53 bits per heavy atom. The zero-order valence-corrected chi connectivity index (χ0v) is 9.99. The summed E-state index contributed by atoms with van der Waals surface area (Å²) in [5.41, 5.74) is -1.07. The Bertz CT molecular complexity index is 384. The second kappa shape index (κ2) is 4.57. The molecule has 0 aliphatic carbocycles. The molecule has 1 aromatic heterocycles. The van der Waals surface area contributed by atoms with Crippen LogP contribution in [0.1, 0.15) is 11.3 Å². The van der Waals surface area contributed by atoms with Gasteiger partial charge in [-0.3, -0.25) is 4.68 Å². The minimum absolute atomic E-state index is 0.0282. The Morgan fingerprint density at radius 3 is 2.60 bits per heavy atom. The van der Waals surface area contributed by atoms with Gasteiger partial charge in [0.05, 0.1) is 0 Å². The van der Waals surface area contributed by atoms with Gasteiger partial charge >= 0.3 is 6.18 Å². The largest absolute Gasteiger partial charge is 0.435 e. The number of aromatic nitrogens is 2. The fourth-order valence-electron chi connectivity index (χ4n) is 1.04. The molecule has 0 fully saturated rings. The van der Waals surface area contributed by atoms with E-state index >= 15 is 0 Å². The van der Waals surface area contributed by atoms with Gasteiger partial charge in [0.1, 0.15) is 5.15 Å². The van der Waals surface area contributed by atoms with Crippen molar-refractivity contribution in [1.82, 2.24) is 9.78 Å². The molecule has 1 rings (SSSR count). The summed E-state index contributed by atoms with van der Waals surface area (Å²) in [6, 6.07) is 0. The number of hydrogen-bond acceptors (Lipinski definition) is 1. The molecule has 7 heteroatoms. The molecule has 0 aliphatic rings. The van der Waals surface area contributed by atoms with E-state index in [-0.39, 0.29) is 10.7 Å². The van der Waals surface area contributed by atoms with Crippen LogP contribution in [-0.4, -0.2) is 15.1 Å². The molecule has 0 aliphatic heterocycles. The molecule has 0 aromatic carbocycles. The van der Waals surface area contributed by atoms with Gasteiger partial charge in [-0.15, -0.1) is 0 Å². The molecule has 1 heterocycles. The molecule has 1 aromatic rings. The number of rotatable bonds is 2. The second-order valence-electron chi connectivity index (χ2n) is 2.73. The lowest BCUT2D eigenvalue weighted by molar-refractivity contribution is -0.141. The van der Waals surface area contributed by atoms with Gasteiger partial charge < -0.3 is 0 Å². The van der Waals surface area contributed by atoms with Crippen LogP contribution in [0.3, 0.4) is 0 Å². The first-order chi connectivity index (χ1) is 6.88. The summed E-state index contributed by atoms with van der Waals surface area (Å²) in [7, 11) is 1.36. The van der Waals surface area contributed by atoms with Gasteiger partial charge in [0.15, 0.2) is 5.69 Å². The summed E-state index contributed by atoms with van der Waals surface area (Å²) in [4.78, 5) is 0. The van der Waals surface area contributed by atoms with Gasteiger partial charge in [0.25, 0.3) is 0 Å². The zero-order valence-electron chi connectivity index (χ0n) is 7.65. The van der Waals surface area contributed by atoms with Crippen LogP contribution in [0.15, 0.2) is 6.08 Å². The van der Waals surface area contributed by atoms with E-state index in [1.807, 2.05) is 0 Å². The SMILES string of the molecule is Cn1nc(C(F)(F)F)c(/C=C/CBr)c1Cl. The van der Waals surface area contributed by atoms with E-state index in [2.05, 4.69) is 21.0 Å². The highest BCUT2D eigenvalue weighted by Gasteiger charge is 2.37. The third-order valence-electron chi connectivity index (χ3n) is 1.65. The fraction of sp³-hybridized carbons (Fsp3) is 0.375. The monoisotopic (exact) mass is 302 g/mol. The third kappa shape index (κ3) is 2.75. The maximum Gasteiger partial charge on any atom is 0.435 e. The summed E-state index contributed by atoms with van der Waals surface area (Å²) in [5, 5.41) is 3.75. The van der Waals surface area contributed by atoms with Crippen LogP contribution in [0.5, 0.6) is 0 Å². The molecular weight excluding hydrogens is 296 g/mol. The average Bonchev–Trinajstić information content (AvgIpc) is 2.40. The molecule has 2 nitrogen and oxygen atoms in total. The Labute approximate surface area is 97.8 Å². The van der Waals surface area contributed by atoms with E-state index < -0.39 is 11.9 Å². The lowest BCUT2D eigenvalue weighted by atomic mass is 10.2. The summed E-state index contributed by atoms with van der Waals surface area (Å²) in [6.07, 6.45) is -1.66. The maximum atomic E-state index is 12.5. The van der Waals surface area contributed by atoms with Gasteiger partial charge in [-0.1, -0.05) is 39.7 Å². The average molecular weight is 304 g/mol. The lowest BCUT2D eigenvalue weighted by Gasteiger charge is -2.02. The molecule has 84 valence electrons. The second-order valence-corrected chi connectivity index (χ2v) is 3.74. The van der Waals surface area contributed by atoms with Crippen molar-refractivity contribution in [3.63, 3.8) is 0 Å². The molecule has 0 N–H and O–H groups in total. The molecule has 0 atom stereocenters. The topological polar surface area (TPSA) is 17.8 Å². The van der Waals surface area contributed by atoms with Crippen LogP contribution in [0.4, 0.5) is 13.2 Å². The highest BCUT2D eigenvalue weighted by Crippen LogP contribution is 2.34. The number of nitrogens with zero attached hydrogens (tertiary/aromatic N) is 2. The van der Waals surface area contributed by atoms with Crippen molar-refractivity contribution >= 4 is 33.6 Å². The molecule has 0 bridgehead atoms. The Kier molecular flexibility index (Phi) is 3.83. The van der Waals surface area contributed by atoms with Crippen LogP contribution in [-0.2, 0) is 13.2 Å². The van der Waals surface area contributed by atoms with Gasteiger partial charge in [0.2, 0.25) is 0 Å². The predicted molar refractivity (Wildman–Crippen MR) is 56.0 cm³/mol. The summed E-state index contributed by atoms with van der Waals surface area (Å²) in [5.74, 6) is 0. The van der Waals surface area contributed by atoms with E-state index in [0.717, 1.165) is 4.68 Å². The zero-order chi connectivity index (χ0) is 11.6. The number of alkyl halides is 4. The minimum Gasteiger partial charge on any atom is -0.256 e. The Hall–Kier alpha value is -0.490. The highest BCUT2D eigenvalue weighted by molar-refractivity contribution is 9.09. The normalized spacial score (nSPS) is 12.7. The standard InChI is InChI=1S/C8H7BrClF3N2/c1-15-7(10)5(3-2-4-9)6(14-15)8(11,12)13/h2-3H,4H2,1H3/b3-2+. The first-order valence-electron chi connectivity index (χ1n) is 3.90. The van der Waals surface area contributed by atoms with Gasteiger partial charge in [-0.2, -0.15) is 18.3 Å². The third-order valence-corrected chi connectivity index (χ3v) is 2.48. The highest BCUT2D eigenvalue weighted by atomic mass is 79.9. The Morgan fingerprint density at radius 2 is 2.13 bits per heavy atom. The molecule has 0 saturated carbocycles. The minimum atomic E-state index is -4.49.